The third kappa shape index (κ3) is 2.56. The molecule has 5 heteroatoms. The number of hydrogen-bond donors (Lipinski definition) is 2. The predicted molar refractivity (Wildman–Crippen MR) is 58.5 cm³/mol. The number of nitrogens with zero attached hydrogens (tertiary/aromatic N) is 2. The van der Waals surface area contributed by atoms with Crippen LogP contribution in [0, 0.1) is 0 Å². The Balaban J connectivity index is 1.92. The molecule has 1 fully saturated rings. The minimum absolute atomic E-state index is 0.0771. The predicted octanol–water partition coefficient (Wildman–Crippen LogP) is 1.04. The van der Waals surface area contributed by atoms with Gasteiger partial charge in [0.15, 0.2) is 0 Å². The third-order valence-electron chi connectivity index (χ3n) is 2.60. The molecule has 2 heterocycles. The molecule has 0 bridgehead atoms. The smallest absolute Gasteiger partial charge is 0.147 e. The van der Waals surface area contributed by atoms with E-state index >= 15 is 0 Å². The Bertz CT molecular complexity index is 336. The van der Waals surface area contributed by atoms with Crippen LogP contribution in [-0.2, 0) is 4.74 Å². The summed E-state index contributed by atoms with van der Waals surface area (Å²) in [6.07, 6.45) is 5.39. The van der Waals surface area contributed by atoms with Gasteiger partial charge in [0.25, 0.3) is 0 Å². The van der Waals surface area contributed by atoms with Crippen LogP contribution >= 0.6 is 0 Å². The van der Waals surface area contributed by atoms with Gasteiger partial charge in [0.05, 0.1) is 18.0 Å². The molecule has 3 N–H and O–H groups in total. The molecule has 0 spiro atoms. The number of nitrogens with one attached hydrogen (secondary N) is 1. The second kappa shape index (κ2) is 4.02. The van der Waals surface area contributed by atoms with Crippen LogP contribution in [0.3, 0.4) is 0 Å². The van der Waals surface area contributed by atoms with Crippen molar-refractivity contribution in [1.82, 2.24) is 9.97 Å². The van der Waals surface area contributed by atoms with Gasteiger partial charge >= 0.3 is 0 Å². The van der Waals surface area contributed by atoms with Crippen molar-refractivity contribution >= 4 is 11.6 Å². The van der Waals surface area contributed by atoms with E-state index in [0.29, 0.717) is 11.6 Å². The lowest BCUT2D eigenvalue weighted by molar-refractivity contribution is 0.0315. The van der Waals surface area contributed by atoms with Crippen LogP contribution < -0.4 is 11.1 Å². The number of anilines is 2. The highest BCUT2D eigenvalue weighted by atomic mass is 16.5. The van der Waals surface area contributed by atoms with Crippen molar-refractivity contribution in [3.05, 3.63) is 12.4 Å². The molecule has 1 unspecified atom stereocenters. The van der Waals surface area contributed by atoms with Gasteiger partial charge in [0.2, 0.25) is 0 Å². The summed E-state index contributed by atoms with van der Waals surface area (Å²) >= 11 is 0. The quantitative estimate of drug-likeness (QED) is 0.776. The second-order valence-corrected chi connectivity index (χ2v) is 4.08. The molecule has 1 saturated heterocycles. The minimum Gasteiger partial charge on any atom is -0.382 e. The summed E-state index contributed by atoms with van der Waals surface area (Å²) in [6, 6.07) is 0. The maximum atomic E-state index is 5.65. The fourth-order valence-electron chi connectivity index (χ4n) is 1.72. The summed E-state index contributed by atoms with van der Waals surface area (Å²) in [5, 5.41) is 3.19. The van der Waals surface area contributed by atoms with Crippen LogP contribution in [0.25, 0.3) is 0 Å². The zero-order valence-corrected chi connectivity index (χ0v) is 8.86. The molecule has 0 saturated carbocycles. The van der Waals surface area contributed by atoms with Gasteiger partial charge in [0, 0.05) is 13.2 Å². The van der Waals surface area contributed by atoms with Gasteiger partial charge < -0.3 is 15.8 Å². The standard InChI is InChI=1S/C10H16N4O/c1-10(3-2-4-15-10)7-13-9-6-12-5-8(11)14-9/h5-6H,2-4,7H2,1H3,(H3,11,13,14). The number of nitrogens with two attached hydrogens (primary N) is 1. The van der Waals surface area contributed by atoms with E-state index in [9.17, 15) is 0 Å². The van der Waals surface area contributed by atoms with Crippen LogP contribution in [-0.4, -0.2) is 28.7 Å². The molecule has 0 radical (unpaired) electrons. The summed E-state index contributed by atoms with van der Waals surface area (Å²) in [5.74, 6) is 1.13. The van der Waals surface area contributed by atoms with Gasteiger partial charge in [-0.3, -0.25) is 4.98 Å². The van der Waals surface area contributed by atoms with Crippen molar-refractivity contribution in [3.8, 4) is 0 Å². The molecule has 1 aromatic heterocycles. The molecule has 2 rings (SSSR count). The Labute approximate surface area is 89.1 Å². The van der Waals surface area contributed by atoms with Crippen molar-refractivity contribution in [2.45, 2.75) is 25.4 Å². The molecule has 1 atom stereocenters. The lowest BCUT2D eigenvalue weighted by Crippen LogP contribution is -2.32. The summed E-state index contributed by atoms with van der Waals surface area (Å²) in [4.78, 5) is 8.08. The van der Waals surface area contributed by atoms with E-state index in [1.807, 2.05) is 0 Å². The fraction of sp³-hybridized carbons (Fsp3) is 0.600. The van der Waals surface area contributed by atoms with Crippen molar-refractivity contribution in [2.75, 3.05) is 24.2 Å². The number of ether oxygens (including phenoxy) is 1. The largest absolute Gasteiger partial charge is 0.382 e. The van der Waals surface area contributed by atoms with Gasteiger partial charge in [-0.15, -0.1) is 0 Å². The Morgan fingerprint density at radius 3 is 3.13 bits per heavy atom. The molecule has 0 aromatic carbocycles. The first-order valence-corrected chi connectivity index (χ1v) is 5.13. The molecule has 0 amide bonds. The Morgan fingerprint density at radius 2 is 2.47 bits per heavy atom. The average molecular weight is 208 g/mol. The Kier molecular flexibility index (Phi) is 2.73. The lowest BCUT2D eigenvalue weighted by Gasteiger charge is -2.23. The van der Waals surface area contributed by atoms with Crippen LogP contribution in [0.4, 0.5) is 11.6 Å². The maximum Gasteiger partial charge on any atom is 0.147 e. The normalized spacial score (nSPS) is 25.4. The van der Waals surface area contributed by atoms with Crippen molar-refractivity contribution in [3.63, 3.8) is 0 Å². The van der Waals surface area contributed by atoms with Crippen LogP contribution in [0.15, 0.2) is 12.4 Å². The average Bonchev–Trinajstić information content (AvgIpc) is 2.63. The molecule has 0 aliphatic carbocycles. The Hall–Kier alpha value is -1.36. The molecule has 1 aliphatic rings. The van der Waals surface area contributed by atoms with Crippen molar-refractivity contribution in [2.24, 2.45) is 0 Å². The highest BCUT2D eigenvalue weighted by Gasteiger charge is 2.29. The van der Waals surface area contributed by atoms with E-state index in [1.54, 1.807) is 6.20 Å². The van der Waals surface area contributed by atoms with Gasteiger partial charge in [-0.05, 0) is 19.8 Å². The molecule has 15 heavy (non-hydrogen) atoms. The molecular weight excluding hydrogens is 192 g/mol. The number of hydrogen-bond acceptors (Lipinski definition) is 5. The first kappa shape index (κ1) is 10.2. The van der Waals surface area contributed by atoms with Crippen LogP contribution in [0.1, 0.15) is 19.8 Å². The zero-order valence-electron chi connectivity index (χ0n) is 8.86. The summed E-state index contributed by atoms with van der Waals surface area (Å²) in [7, 11) is 0. The van der Waals surface area contributed by atoms with Gasteiger partial charge in [0.1, 0.15) is 11.6 Å². The molecule has 1 aliphatic heterocycles. The minimum atomic E-state index is -0.0771. The van der Waals surface area contributed by atoms with Crippen molar-refractivity contribution in [1.29, 1.82) is 0 Å². The summed E-state index contributed by atoms with van der Waals surface area (Å²) in [6.45, 7) is 3.69. The van der Waals surface area contributed by atoms with E-state index < -0.39 is 0 Å². The van der Waals surface area contributed by atoms with E-state index in [4.69, 9.17) is 10.5 Å². The van der Waals surface area contributed by atoms with Crippen LogP contribution in [0.5, 0.6) is 0 Å². The van der Waals surface area contributed by atoms with Gasteiger partial charge in [-0.2, -0.15) is 0 Å². The number of nitrogen functional groups attached to an aromatic ring is 1. The maximum absolute atomic E-state index is 5.65. The monoisotopic (exact) mass is 208 g/mol. The summed E-state index contributed by atoms with van der Waals surface area (Å²) in [5.41, 5.74) is 5.45. The van der Waals surface area contributed by atoms with E-state index in [-0.39, 0.29) is 5.60 Å². The topological polar surface area (TPSA) is 73.1 Å². The molecular formula is C10H16N4O. The fourth-order valence-corrected chi connectivity index (χ4v) is 1.72. The van der Waals surface area contributed by atoms with Crippen molar-refractivity contribution < 1.29 is 4.74 Å². The highest BCUT2D eigenvalue weighted by Crippen LogP contribution is 2.24. The van der Waals surface area contributed by atoms with E-state index in [0.717, 1.165) is 26.0 Å². The SMILES string of the molecule is CC1(CNc2cncc(N)n2)CCCO1. The van der Waals surface area contributed by atoms with Gasteiger partial charge in [-0.25, -0.2) is 4.98 Å². The molecule has 1 aromatic rings. The third-order valence-corrected chi connectivity index (χ3v) is 2.60. The molecule has 5 nitrogen and oxygen atoms in total. The number of rotatable bonds is 3. The Morgan fingerprint density at radius 1 is 1.60 bits per heavy atom. The van der Waals surface area contributed by atoms with E-state index in [2.05, 4.69) is 22.2 Å². The first-order chi connectivity index (χ1) is 7.18. The van der Waals surface area contributed by atoms with Crippen LogP contribution in [0.2, 0.25) is 0 Å². The number of aromatic nitrogens is 2. The molecule has 82 valence electrons. The highest BCUT2D eigenvalue weighted by molar-refractivity contribution is 5.38. The lowest BCUT2D eigenvalue weighted by atomic mass is 10.0. The first-order valence-electron chi connectivity index (χ1n) is 5.13. The van der Waals surface area contributed by atoms with Gasteiger partial charge in [-0.1, -0.05) is 0 Å². The summed E-state index contributed by atoms with van der Waals surface area (Å²) < 4.78 is 5.65. The second-order valence-electron chi connectivity index (χ2n) is 4.08. The zero-order chi connectivity index (χ0) is 10.7. The van der Waals surface area contributed by atoms with E-state index in [1.165, 1.54) is 6.20 Å².